The van der Waals surface area contributed by atoms with E-state index in [1.165, 1.54) is 6.07 Å². The molecule has 0 unspecified atom stereocenters. The van der Waals surface area contributed by atoms with Crippen LogP contribution in [0.15, 0.2) is 60.8 Å². The van der Waals surface area contributed by atoms with E-state index in [0.29, 0.717) is 16.7 Å². The molecule has 176 valence electrons. The smallest absolute Gasteiger partial charge is 0.290 e. The second-order valence-electron chi connectivity index (χ2n) is 10.6. The van der Waals surface area contributed by atoms with Gasteiger partial charge in [0.1, 0.15) is 5.65 Å². The van der Waals surface area contributed by atoms with Crippen molar-refractivity contribution in [1.82, 2.24) is 14.4 Å². The molecular weight excluding hydrogens is 447 g/mol. The predicted molar refractivity (Wildman–Crippen MR) is 136 cm³/mol. The Bertz CT molecular complexity index is 1800. The summed E-state index contributed by atoms with van der Waals surface area (Å²) >= 11 is 0. The Morgan fingerprint density at radius 2 is 1.49 bits per heavy atom. The minimum absolute atomic E-state index is 0.0687. The summed E-state index contributed by atoms with van der Waals surface area (Å²) in [5.74, 6) is 0. The Kier molecular flexibility index (Phi) is 4.47. The molecule has 0 aliphatic carbocycles. The van der Waals surface area contributed by atoms with Gasteiger partial charge in [-0.15, -0.1) is 0 Å². The van der Waals surface area contributed by atoms with Gasteiger partial charge in [0.25, 0.3) is 0 Å². The number of hydrogen-bond donors (Lipinski definition) is 0. The Morgan fingerprint density at radius 3 is 2.14 bits per heavy atom. The highest BCUT2D eigenvalue weighted by molar-refractivity contribution is 6.16. The third-order valence-corrected chi connectivity index (χ3v) is 6.56. The molecule has 3 aromatic heterocycles. The third-order valence-electron chi connectivity index (χ3n) is 6.56. The monoisotopic (exact) mass is 471 g/mol. The van der Waals surface area contributed by atoms with Crippen molar-refractivity contribution in [3.05, 3.63) is 77.5 Å². The third kappa shape index (κ3) is 3.51. The van der Waals surface area contributed by atoms with Crippen LogP contribution in [0.25, 0.3) is 49.3 Å². The number of aryl methyl sites for hydroxylation is 1. The maximum atomic E-state index is 13.7. The number of pyridine rings is 2. The zero-order chi connectivity index (χ0) is 24.7. The SMILES string of the molecule is Cc1cc(CC(C)(C)C)cc2c1nc1c3cc4ccccc4cc3c3ncc(C(F)(F)F)cc3n21. The van der Waals surface area contributed by atoms with Gasteiger partial charge in [0.05, 0.1) is 27.6 Å². The van der Waals surface area contributed by atoms with Crippen LogP contribution in [-0.2, 0) is 12.6 Å². The fourth-order valence-electron chi connectivity index (χ4n) is 5.17. The molecule has 0 aliphatic rings. The first-order valence-corrected chi connectivity index (χ1v) is 11.6. The first-order chi connectivity index (χ1) is 16.5. The molecule has 0 saturated carbocycles. The summed E-state index contributed by atoms with van der Waals surface area (Å²) in [7, 11) is 0. The molecule has 6 heteroatoms. The summed E-state index contributed by atoms with van der Waals surface area (Å²) in [6.45, 7) is 8.54. The summed E-state index contributed by atoms with van der Waals surface area (Å²) in [6, 6.07) is 17.4. The summed E-state index contributed by atoms with van der Waals surface area (Å²) in [5.41, 5.74) is 4.63. The van der Waals surface area contributed by atoms with Crippen molar-refractivity contribution >= 4 is 49.3 Å². The molecule has 6 rings (SSSR count). The number of fused-ring (bicyclic) bond motifs is 9. The summed E-state index contributed by atoms with van der Waals surface area (Å²) < 4.78 is 43.0. The lowest BCUT2D eigenvalue weighted by Gasteiger charge is -2.18. The average molecular weight is 472 g/mol. The second-order valence-corrected chi connectivity index (χ2v) is 10.6. The van der Waals surface area contributed by atoms with E-state index >= 15 is 0 Å². The molecular formula is C29H24F3N3. The number of imidazole rings is 1. The fourth-order valence-corrected chi connectivity index (χ4v) is 5.17. The first-order valence-electron chi connectivity index (χ1n) is 11.6. The van der Waals surface area contributed by atoms with Crippen molar-refractivity contribution in [1.29, 1.82) is 0 Å². The molecule has 35 heavy (non-hydrogen) atoms. The number of aromatic nitrogens is 3. The van der Waals surface area contributed by atoms with Crippen LogP contribution < -0.4 is 0 Å². The van der Waals surface area contributed by atoms with Crippen molar-refractivity contribution in [2.24, 2.45) is 5.41 Å². The molecule has 0 amide bonds. The maximum absolute atomic E-state index is 13.7. The molecule has 3 aromatic carbocycles. The average Bonchev–Trinajstić information content (AvgIpc) is 3.16. The van der Waals surface area contributed by atoms with Crippen molar-refractivity contribution < 1.29 is 13.2 Å². The standard InChI is InChI=1S/C29H24F3N3/c1-16-9-17(14-28(2,3)4)10-23-25(16)34-27-22-12-19-8-6-5-7-18(19)11-21(22)26-24(35(23)27)13-20(15-33-26)29(30,31)32/h5-13,15H,14H2,1-4H3. The lowest BCUT2D eigenvalue weighted by Crippen LogP contribution is -2.09. The zero-order valence-electron chi connectivity index (χ0n) is 20.0. The van der Waals surface area contributed by atoms with Crippen LogP contribution in [0.4, 0.5) is 13.2 Å². The largest absolute Gasteiger partial charge is 0.417 e. The van der Waals surface area contributed by atoms with Gasteiger partial charge in [-0.2, -0.15) is 13.2 Å². The molecule has 0 fully saturated rings. The lowest BCUT2D eigenvalue weighted by molar-refractivity contribution is -0.137. The molecule has 0 radical (unpaired) electrons. The van der Waals surface area contributed by atoms with Crippen molar-refractivity contribution in [2.75, 3.05) is 0 Å². The van der Waals surface area contributed by atoms with Gasteiger partial charge in [-0.05, 0) is 64.9 Å². The summed E-state index contributed by atoms with van der Waals surface area (Å²) in [5, 5.41) is 3.72. The Morgan fingerprint density at radius 1 is 0.829 bits per heavy atom. The van der Waals surface area contributed by atoms with Gasteiger partial charge in [0.15, 0.2) is 0 Å². The molecule has 0 bridgehead atoms. The van der Waals surface area contributed by atoms with E-state index in [2.05, 4.69) is 44.0 Å². The quantitative estimate of drug-likeness (QED) is 0.178. The van der Waals surface area contributed by atoms with Crippen LogP contribution in [0.1, 0.15) is 37.5 Å². The van der Waals surface area contributed by atoms with Crippen LogP contribution in [0.2, 0.25) is 0 Å². The Balaban J connectivity index is 1.84. The minimum atomic E-state index is -4.49. The Hall–Kier alpha value is -3.67. The van der Waals surface area contributed by atoms with Gasteiger partial charge >= 0.3 is 6.18 Å². The molecule has 0 saturated heterocycles. The normalized spacial score (nSPS) is 13.1. The van der Waals surface area contributed by atoms with E-state index < -0.39 is 11.7 Å². The van der Waals surface area contributed by atoms with E-state index in [4.69, 9.17) is 4.98 Å². The van der Waals surface area contributed by atoms with Crippen LogP contribution in [0, 0.1) is 12.3 Å². The van der Waals surface area contributed by atoms with E-state index in [9.17, 15) is 13.2 Å². The van der Waals surface area contributed by atoms with Gasteiger partial charge in [0.2, 0.25) is 0 Å². The number of rotatable bonds is 1. The predicted octanol–water partition coefficient (Wildman–Crippen LogP) is 8.26. The zero-order valence-corrected chi connectivity index (χ0v) is 20.0. The van der Waals surface area contributed by atoms with Crippen LogP contribution >= 0.6 is 0 Å². The van der Waals surface area contributed by atoms with E-state index in [1.54, 1.807) is 0 Å². The van der Waals surface area contributed by atoms with Gasteiger partial charge in [-0.3, -0.25) is 9.38 Å². The van der Waals surface area contributed by atoms with Crippen LogP contribution in [0.3, 0.4) is 0 Å². The Labute approximate surface area is 200 Å². The highest BCUT2D eigenvalue weighted by Crippen LogP contribution is 2.38. The van der Waals surface area contributed by atoms with E-state index in [1.807, 2.05) is 41.7 Å². The number of alkyl halides is 3. The topological polar surface area (TPSA) is 30.2 Å². The van der Waals surface area contributed by atoms with Gasteiger partial charge in [-0.1, -0.05) is 51.1 Å². The molecule has 0 aliphatic heterocycles. The highest BCUT2D eigenvalue weighted by Gasteiger charge is 2.32. The fraction of sp³-hybridized carbons (Fsp3) is 0.241. The minimum Gasteiger partial charge on any atom is -0.290 e. The second kappa shape index (κ2) is 7.17. The van der Waals surface area contributed by atoms with Crippen LogP contribution in [-0.4, -0.2) is 14.4 Å². The van der Waals surface area contributed by atoms with E-state index in [0.717, 1.165) is 56.3 Å². The number of hydrogen-bond acceptors (Lipinski definition) is 2. The molecule has 0 spiro atoms. The van der Waals surface area contributed by atoms with Crippen molar-refractivity contribution in [2.45, 2.75) is 40.3 Å². The molecule has 3 heterocycles. The highest BCUT2D eigenvalue weighted by atomic mass is 19.4. The number of benzene rings is 3. The van der Waals surface area contributed by atoms with Crippen molar-refractivity contribution in [3.8, 4) is 0 Å². The van der Waals surface area contributed by atoms with Gasteiger partial charge in [-0.25, -0.2) is 4.98 Å². The molecule has 3 nitrogen and oxygen atoms in total. The van der Waals surface area contributed by atoms with Crippen molar-refractivity contribution in [3.63, 3.8) is 0 Å². The first kappa shape index (κ1) is 21.8. The van der Waals surface area contributed by atoms with Gasteiger partial charge < -0.3 is 0 Å². The summed E-state index contributed by atoms with van der Waals surface area (Å²) in [6.07, 6.45) is -2.72. The maximum Gasteiger partial charge on any atom is 0.417 e. The number of halogens is 3. The van der Waals surface area contributed by atoms with Crippen LogP contribution in [0.5, 0.6) is 0 Å². The van der Waals surface area contributed by atoms with E-state index in [-0.39, 0.29) is 5.41 Å². The lowest BCUT2D eigenvalue weighted by atomic mass is 9.87. The molecule has 0 atom stereocenters. The van der Waals surface area contributed by atoms with Gasteiger partial charge in [0, 0.05) is 17.0 Å². The summed E-state index contributed by atoms with van der Waals surface area (Å²) in [4.78, 5) is 9.34. The molecule has 0 N–H and O–H groups in total. The number of nitrogens with zero attached hydrogens (tertiary/aromatic N) is 3. The molecule has 6 aromatic rings.